The molecule has 4 aromatic rings. The van der Waals surface area contributed by atoms with Crippen LogP contribution in [0.5, 0.6) is 11.5 Å². The third kappa shape index (κ3) is 4.02. The molecule has 2 heterocycles. The highest BCUT2D eigenvalue weighted by molar-refractivity contribution is 7.21. The van der Waals surface area contributed by atoms with Gasteiger partial charge >= 0.3 is 0 Å². The first-order chi connectivity index (χ1) is 15.0. The molecule has 0 aliphatic rings. The number of ether oxygens (including phenoxy) is 2. The van der Waals surface area contributed by atoms with Crippen LogP contribution < -0.4 is 20.3 Å². The summed E-state index contributed by atoms with van der Waals surface area (Å²) in [7, 11) is 3.07. The summed E-state index contributed by atoms with van der Waals surface area (Å²) < 4.78 is 11.8. The molecule has 0 aliphatic heterocycles. The van der Waals surface area contributed by atoms with E-state index in [1.165, 1.54) is 29.3 Å². The van der Waals surface area contributed by atoms with E-state index in [1.807, 2.05) is 36.4 Å². The number of amides is 1. The number of thiophene rings is 1. The topological polar surface area (TPSA) is 82.5 Å². The van der Waals surface area contributed by atoms with E-state index in [-0.39, 0.29) is 11.5 Å². The Morgan fingerprint density at radius 2 is 1.81 bits per heavy atom. The standard InChI is InChI=1S/C23H21N3O4S/c1-14(21(27)25-16-9-10-18(29-2)19(11-16)30-3)26-13-24-22-17(23(26)28)12-20(31-22)15-7-5-4-6-8-15/h4-14H,1-3H3,(H,25,27). The molecule has 0 fully saturated rings. The van der Waals surface area contributed by atoms with Gasteiger partial charge in [0.1, 0.15) is 10.9 Å². The average Bonchev–Trinajstić information content (AvgIpc) is 3.25. The Labute approximate surface area is 182 Å². The van der Waals surface area contributed by atoms with E-state index in [0.717, 1.165) is 10.4 Å². The molecule has 0 radical (unpaired) electrons. The molecule has 0 saturated carbocycles. The Morgan fingerprint density at radius 1 is 1.06 bits per heavy atom. The van der Waals surface area contributed by atoms with Crippen LogP contribution in [0, 0.1) is 0 Å². The molecule has 0 saturated heterocycles. The number of hydrogen-bond acceptors (Lipinski definition) is 6. The molecule has 158 valence electrons. The zero-order valence-electron chi connectivity index (χ0n) is 17.3. The van der Waals surface area contributed by atoms with Crippen LogP contribution in [0.3, 0.4) is 0 Å². The van der Waals surface area contributed by atoms with Crippen molar-refractivity contribution in [1.29, 1.82) is 0 Å². The summed E-state index contributed by atoms with van der Waals surface area (Å²) in [4.78, 5) is 31.9. The third-order valence-corrected chi connectivity index (χ3v) is 6.08. The minimum Gasteiger partial charge on any atom is -0.493 e. The number of fused-ring (bicyclic) bond motifs is 1. The molecule has 0 aliphatic carbocycles. The molecule has 0 spiro atoms. The Bertz CT molecular complexity index is 1300. The molecular weight excluding hydrogens is 414 g/mol. The maximum absolute atomic E-state index is 13.1. The second-order valence-corrected chi connectivity index (χ2v) is 7.92. The monoisotopic (exact) mass is 435 g/mol. The smallest absolute Gasteiger partial charge is 0.262 e. The number of rotatable bonds is 6. The number of benzene rings is 2. The van der Waals surface area contributed by atoms with Crippen LogP contribution in [-0.2, 0) is 4.79 Å². The number of anilines is 1. The summed E-state index contributed by atoms with van der Waals surface area (Å²) in [6.07, 6.45) is 1.43. The van der Waals surface area contributed by atoms with Crippen molar-refractivity contribution < 1.29 is 14.3 Å². The number of carbonyl (C=O) groups is 1. The maximum Gasteiger partial charge on any atom is 0.262 e. The van der Waals surface area contributed by atoms with Gasteiger partial charge in [0.25, 0.3) is 5.56 Å². The first-order valence-electron chi connectivity index (χ1n) is 9.61. The Balaban J connectivity index is 1.61. The van der Waals surface area contributed by atoms with Crippen LogP contribution in [0.15, 0.2) is 65.7 Å². The minimum absolute atomic E-state index is 0.251. The molecule has 1 atom stereocenters. The first-order valence-corrected chi connectivity index (χ1v) is 10.4. The Hall–Kier alpha value is -3.65. The van der Waals surface area contributed by atoms with Gasteiger partial charge < -0.3 is 14.8 Å². The quantitative estimate of drug-likeness (QED) is 0.487. The SMILES string of the molecule is COc1ccc(NC(=O)C(C)n2cnc3sc(-c4ccccc4)cc3c2=O)cc1OC. The molecule has 2 aromatic heterocycles. The van der Waals surface area contributed by atoms with Crippen LogP contribution in [0.1, 0.15) is 13.0 Å². The van der Waals surface area contributed by atoms with E-state index in [4.69, 9.17) is 9.47 Å². The molecule has 1 unspecified atom stereocenters. The summed E-state index contributed by atoms with van der Waals surface area (Å²) in [5.74, 6) is 0.722. The van der Waals surface area contributed by atoms with Crippen LogP contribution in [0.25, 0.3) is 20.7 Å². The number of aromatic nitrogens is 2. The van der Waals surface area contributed by atoms with E-state index in [9.17, 15) is 9.59 Å². The van der Waals surface area contributed by atoms with Crippen LogP contribution in [0.4, 0.5) is 5.69 Å². The fourth-order valence-electron chi connectivity index (χ4n) is 3.24. The summed E-state index contributed by atoms with van der Waals surface area (Å²) >= 11 is 1.45. The van der Waals surface area contributed by atoms with Crippen molar-refractivity contribution in [3.63, 3.8) is 0 Å². The second kappa shape index (κ2) is 8.61. The summed E-state index contributed by atoms with van der Waals surface area (Å²) in [6.45, 7) is 1.66. The highest BCUT2D eigenvalue weighted by Gasteiger charge is 2.20. The van der Waals surface area contributed by atoms with Crippen LogP contribution >= 0.6 is 11.3 Å². The molecule has 8 heteroatoms. The minimum atomic E-state index is -0.752. The Kier molecular flexibility index (Phi) is 5.73. The Morgan fingerprint density at radius 3 is 2.52 bits per heavy atom. The van der Waals surface area contributed by atoms with Gasteiger partial charge in [-0.15, -0.1) is 11.3 Å². The van der Waals surface area contributed by atoms with Crippen LogP contribution in [0.2, 0.25) is 0 Å². The van der Waals surface area contributed by atoms with Crippen molar-refractivity contribution in [3.05, 3.63) is 71.3 Å². The third-order valence-electron chi connectivity index (χ3n) is 4.98. The lowest BCUT2D eigenvalue weighted by atomic mass is 10.2. The molecule has 31 heavy (non-hydrogen) atoms. The zero-order valence-corrected chi connectivity index (χ0v) is 18.1. The van der Waals surface area contributed by atoms with Gasteiger partial charge in [-0.25, -0.2) is 4.98 Å². The normalized spacial score (nSPS) is 11.8. The lowest BCUT2D eigenvalue weighted by molar-refractivity contribution is -0.118. The summed E-state index contributed by atoms with van der Waals surface area (Å²) in [5, 5.41) is 3.31. The molecule has 0 bridgehead atoms. The molecule has 7 nitrogen and oxygen atoms in total. The molecular formula is C23H21N3O4S. The fourth-order valence-corrected chi connectivity index (χ4v) is 4.24. The van der Waals surface area contributed by atoms with E-state index >= 15 is 0 Å². The predicted octanol–water partition coefficient (Wildman–Crippen LogP) is 4.34. The van der Waals surface area contributed by atoms with Crippen molar-refractivity contribution in [2.24, 2.45) is 0 Å². The fraction of sp³-hybridized carbons (Fsp3) is 0.174. The largest absolute Gasteiger partial charge is 0.493 e. The van der Waals surface area contributed by atoms with Gasteiger partial charge in [0, 0.05) is 16.6 Å². The average molecular weight is 436 g/mol. The molecule has 1 amide bonds. The highest BCUT2D eigenvalue weighted by atomic mass is 32.1. The van der Waals surface area contributed by atoms with Crippen molar-refractivity contribution in [2.45, 2.75) is 13.0 Å². The first kappa shape index (κ1) is 20.6. The maximum atomic E-state index is 13.1. The number of carbonyl (C=O) groups excluding carboxylic acids is 1. The van der Waals surface area contributed by atoms with Gasteiger partial charge in [-0.2, -0.15) is 0 Å². The van der Waals surface area contributed by atoms with E-state index < -0.39 is 6.04 Å². The van der Waals surface area contributed by atoms with Crippen molar-refractivity contribution in [3.8, 4) is 21.9 Å². The van der Waals surface area contributed by atoms with E-state index in [2.05, 4.69) is 10.3 Å². The van der Waals surface area contributed by atoms with Gasteiger partial charge in [-0.1, -0.05) is 30.3 Å². The van der Waals surface area contributed by atoms with Crippen molar-refractivity contribution >= 4 is 33.1 Å². The predicted molar refractivity (Wildman–Crippen MR) is 122 cm³/mol. The van der Waals surface area contributed by atoms with Crippen LogP contribution in [-0.4, -0.2) is 29.7 Å². The second-order valence-electron chi connectivity index (χ2n) is 6.89. The van der Waals surface area contributed by atoms with Crippen molar-refractivity contribution in [1.82, 2.24) is 9.55 Å². The number of nitrogens with zero attached hydrogens (tertiary/aromatic N) is 2. The highest BCUT2D eigenvalue weighted by Crippen LogP contribution is 2.31. The van der Waals surface area contributed by atoms with Crippen molar-refractivity contribution in [2.75, 3.05) is 19.5 Å². The lowest BCUT2D eigenvalue weighted by Crippen LogP contribution is -2.31. The van der Waals surface area contributed by atoms with Gasteiger partial charge in [-0.3, -0.25) is 14.2 Å². The molecule has 1 N–H and O–H groups in total. The molecule has 4 rings (SSSR count). The zero-order chi connectivity index (χ0) is 22.0. The van der Waals surface area contributed by atoms with E-state index in [0.29, 0.717) is 27.4 Å². The molecule has 2 aromatic carbocycles. The van der Waals surface area contributed by atoms with Gasteiger partial charge in [0.2, 0.25) is 5.91 Å². The number of hydrogen-bond donors (Lipinski definition) is 1. The summed E-state index contributed by atoms with van der Waals surface area (Å²) in [5.41, 5.74) is 1.31. The van der Waals surface area contributed by atoms with E-state index in [1.54, 1.807) is 32.2 Å². The summed E-state index contributed by atoms with van der Waals surface area (Å²) in [6, 6.07) is 16.0. The van der Waals surface area contributed by atoms with Gasteiger partial charge in [0.15, 0.2) is 11.5 Å². The number of nitrogens with one attached hydrogen (secondary N) is 1. The van der Waals surface area contributed by atoms with Gasteiger partial charge in [0.05, 0.1) is 25.9 Å². The lowest BCUT2D eigenvalue weighted by Gasteiger charge is -2.16. The number of methoxy groups -OCH3 is 2. The van der Waals surface area contributed by atoms with Gasteiger partial charge in [-0.05, 0) is 30.7 Å².